The van der Waals surface area contributed by atoms with Crippen LogP contribution in [0.3, 0.4) is 0 Å². The second-order valence-electron chi connectivity index (χ2n) is 8.44. The van der Waals surface area contributed by atoms with Crippen LogP contribution in [0, 0.1) is 10.8 Å². The second kappa shape index (κ2) is 5.08. The maximum absolute atomic E-state index is 12.4. The van der Waals surface area contributed by atoms with Gasteiger partial charge in [-0.25, -0.2) is 0 Å². The molecule has 0 aliphatic carbocycles. The van der Waals surface area contributed by atoms with Crippen molar-refractivity contribution in [2.75, 3.05) is 26.2 Å². The van der Waals surface area contributed by atoms with E-state index in [0.717, 1.165) is 31.9 Å². The van der Waals surface area contributed by atoms with Gasteiger partial charge in [0.2, 0.25) is 5.91 Å². The van der Waals surface area contributed by atoms with Crippen molar-refractivity contribution in [1.29, 1.82) is 0 Å². The Bertz CT molecular complexity index is 627. The smallest absolute Gasteiger partial charge is 0.274 e. The predicted molar refractivity (Wildman–Crippen MR) is 87.0 cm³/mol. The molecule has 6 heteroatoms. The largest absolute Gasteiger partial charge is 0.341 e. The third-order valence-electron chi connectivity index (χ3n) is 4.76. The highest BCUT2D eigenvalue weighted by atomic mass is 16.2. The summed E-state index contributed by atoms with van der Waals surface area (Å²) in [6, 6.07) is 1.84. The Morgan fingerprint density at radius 1 is 1.17 bits per heavy atom. The highest BCUT2D eigenvalue weighted by molar-refractivity contribution is 5.93. The number of nitrogens with one attached hydrogen (secondary N) is 1. The summed E-state index contributed by atoms with van der Waals surface area (Å²) in [4.78, 5) is 28.4. The summed E-state index contributed by atoms with van der Waals surface area (Å²) in [5.74, 6) is 0.511. The Balaban J connectivity index is 1.54. The Hall–Kier alpha value is -1.85. The molecule has 0 aromatic carbocycles. The van der Waals surface area contributed by atoms with Crippen LogP contribution < -0.4 is 0 Å². The molecule has 6 nitrogen and oxygen atoms in total. The Morgan fingerprint density at radius 2 is 1.74 bits per heavy atom. The third-order valence-corrected chi connectivity index (χ3v) is 4.76. The van der Waals surface area contributed by atoms with E-state index < -0.39 is 0 Å². The van der Waals surface area contributed by atoms with Gasteiger partial charge in [-0.2, -0.15) is 5.10 Å². The van der Waals surface area contributed by atoms with Crippen LogP contribution in [0.1, 0.15) is 56.7 Å². The fourth-order valence-corrected chi connectivity index (χ4v) is 3.39. The first-order valence-electron chi connectivity index (χ1n) is 8.25. The Labute approximate surface area is 137 Å². The van der Waals surface area contributed by atoms with Gasteiger partial charge in [-0.05, 0) is 12.0 Å². The van der Waals surface area contributed by atoms with Gasteiger partial charge in [0.1, 0.15) is 5.69 Å². The number of hydrogen-bond donors (Lipinski definition) is 1. The summed E-state index contributed by atoms with van der Waals surface area (Å²) in [5, 5.41) is 7.05. The minimum atomic E-state index is -0.330. The zero-order valence-electron chi connectivity index (χ0n) is 14.6. The molecule has 3 heterocycles. The molecule has 0 atom stereocenters. The zero-order valence-corrected chi connectivity index (χ0v) is 14.6. The number of nitrogens with zero attached hydrogens (tertiary/aromatic N) is 3. The standard InChI is InChI=1S/C17H26N4O2/c1-11(2)12-6-13(19-18-12)14(22)20-7-17(8-20)9-21(10-17)15(23)16(3,4)5/h6,11H,7-10H2,1-5H3,(H,18,19). The number of amides is 2. The fourth-order valence-electron chi connectivity index (χ4n) is 3.39. The van der Waals surface area contributed by atoms with Crippen LogP contribution in [-0.4, -0.2) is 58.0 Å². The number of H-pyrrole nitrogens is 1. The number of carbonyl (C=O) groups excluding carboxylic acids is 2. The molecule has 3 rings (SSSR count). The fraction of sp³-hybridized carbons (Fsp3) is 0.706. The summed E-state index contributed by atoms with van der Waals surface area (Å²) < 4.78 is 0. The second-order valence-corrected chi connectivity index (χ2v) is 8.44. The van der Waals surface area contributed by atoms with Crippen LogP contribution in [-0.2, 0) is 4.79 Å². The molecular weight excluding hydrogens is 292 g/mol. The van der Waals surface area contributed by atoms with Crippen molar-refractivity contribution in [2.24, 2.45) is 10.8 Å². The molecule has 2 aliphatic heterocycles. The Kier molecular flexibility index (Phi) is 3.54. The monoisotopic (exact) mass is 318 g/mol. The van der Waals surface area contributed by atoms with E-state index in [-0.39, 0.29) is 22.6 Å². The highest BCUT2D eigenvalue weighted by Gasteiger charge is 2.55. The number of rotatable bonds is 2. The molecule has 2 amide bonds. The molecule has 126 valence electrons. The maximum Gasteiger partial charge on any atom is 0.274 e. The van der Waals surface area contributed by atoms with Gasteiger partial charge in [-0.1, -0.05) is 34.6 Å². The SMILES string of the molecule is CC(C)c1cc(C(=O)N2CC3(C2)CN(C(=O)C(C)(C)C)C3)n[nH]1. The molecule has 2 fully saturated rings. The minimum Gasteiger partial charge on any atom is -0.341 e. The van der Waals surface area contributed by atoms with Crippen molar-refractivity contribution in [3.63, 3.8) is 0 Å². The zero-order chi connectivity index (χ0) is 17.0. The van der Waals surface area contributed by atoms with Crippen LogP contribution in [0.5, 0.6) is 0 Å². The molecule has 0 saturated carbocycles. The van der Waals surface area contributed by atoms with Crippen molar-refractivity contribution < 1.29 is 9.59 Å². The first-order chi connectivity index (χ1) is 10.6. The molecular formula is C17H26N4O2. The van der Waals surface area contributed by atoms with E-state index in [0.29, 0.717) is 11.6 Å². The molecule has 1 spiro atoms. The maximum atomic E-state index is 12.4. The van der Waals surface area contributed by atoms with Crippen LogP contribution in [0.15, 0.2) is 6.07 Å². The summed E-state index contributed by atoms with van der Waals surface area (Å²) in [6.07, 6.45) is 0. The minimum absolute atomic E-state index is 0.0145. The molecule has 1 aromatic rings. The quantitative estimate of drug-likeness (QED) is 0.905. The van der Waals surface area contributed by atoms with Gasteiger partial charge >= 0.3 is 0 Å². The lowest BCUT2D eigenvalue weighted by atomic mass is 9.71. The topological polar surface area (TPSA) is 69.3 Å². The Morgan fingerprint density at radius 3 is 2.22 bits per heavy atom. The van der Waals surface area contributed by atoms with Gasteiger partial charge in [0.15, 0.2) is 0 Å². The number of likely N-dealkylation sites (tertiary alicyclic amines) is 2. The van der Waals surface area contributed by atoms with Gasteiger partial charge in [0.25, 0.3) is 5.91 Å². The van der Waals surface area contributed by atoms with E-state index in [1.807, 2.05) is 36.6 Å². The lowest BCUT2D eigenvalue weighted by molar-refractivity contribution is -0.162. The molecule has 0 unspecified atom stereocenters. The summed E-state index contributed by atoms with van der Waals surface area (Å²) in [6.45, 7) is 13.0. The average Bonchev–Trinajstić information content (AvgIpc) is 2.83. The summed E-state index contributed by atoms with van der Waals surface area (Å²) in [7, 11) is 0. The van der Waals surface area contributed by atoms with Gasteiger partial charge < -0.3 is 9.80 Å². The summed E-state index contributed by atoms with van der Waals surface area (Å²) in [5.41, 5.74) is 1.26. The normalized spacial score (nSPS) is 19.7. The van der Waals surface area contributed by atoms with E-state index in [2.05, 4.69) is 24.0 Å². The first kappa shape index (κ1) is 16.0. The number of hydrogen-bond acceptors (Lipinski definition) is 3. The highest BCUT2D eigenvalue weighted by Crippen LogP contribution is 2.41. The van der Waals surface area contributed by atoms with Gasteiger partial charge in [-0.15, -0.1) is 0 Å². The van der Waals surface area contributed by atoms with E-state index in [1.54, 1.807) is 0 Å². The van der Waals surface area contributed by atoms with Crippen molar-refractivity contribution in [3.8, 4) is 0 Å². The van der Waals surface area contributed by atoms with E-state index in [9.17, 15) is 9.59 Å². The van der Waals surface area contributed by atoms with Gasteiger partial charge in [-0.3, -0.25) is 14.7 Å². The van der Waals surface area contributed by atoms with Crippen molar-refractivity contribution in [3.05, 3.63) is 17.5 Å². The number of aromatic amines is 1. The number of carbonyl (C=O) groups is 2. The van der Waals surface area contributed by atoms with Crippen LogP contribution in [0.25, 0.3) is 0 Å². The van der Waals surface area contributed by atoms with E-state index >= 15 is 0 Å². The van der Waals surface area contributed by atoms with E-state index in [1.165, 1.54) is 0 Å². The number of aromatic nitrogens is 2. The first-order valence-corrected chi connectivity index (χ1v) is 8.25. The average molecular weight is 318 g/mol. The third kappa shape index (κ3) is 2.75. The molecule has 2 saturated heterocycles. The van der Waals surface area contributed by atoms with Crippen molar-refractivity contribution in [2.45, 2.75) is 40.5 Å². The van der Waals surface area contributed by atoms with E-state index in [4.69, 9.17) is 0 Å². The molecule has 0 bridgehead atoms. The van der Waals surface area contributed by atoms with Crippen molar-refractivity contribution >= 4 is 11.8 Å². The van der Waals surface area contributed by atoms with Gasteiger partial charge in [0, 0.05) is 42.7 Å². The molecule has 23 heavy (non-hydrogen) atoms. The van der Waals surface area contributed by atoms with Crippen LogP contribution in [0.2, 0.25) is 0 Å². The predicted octanol–water partition coefficient (Wildman–Crippen LogP) is 1.86. The molecule has 1 aromatic heterocycles. The lowest BCUT2D eigenvalue weighted by Gasteiger charge is -2.60. The molecule has 2 aliphatic rings. The summed E-state index contributed by atoms with van der Waals surface area (Å²) >= 11 is 0. The lowest BCUT2D eigenvalue weighted by Crippen LogP contribution is -2.74. The molecule has 0 radical (unpaired) electrons. The molecule has 1 N–H and O–H groups in total. The van der Waals surface area contributed by atoms with Crippen LogP contribution in [0.4, 0.5) is 0 Å². The van der Waals surface area contributed by atoms with Crippen molar-refractivity contribution in [1.82, 2.24) is 20.0 Å². The van der Waals surface area contributed by atoms with Crippen LogP contribution >= 0.6 is 0 Å². The van der Waals surface area contributed by atoms with Gasteiger partial charge in [0.05, 0.1) is 0 Å².